The molecule has 6 heteroatoms. The predicted octanol–water partition coefficient (Wildman–Crippen LogP) is 4.14. The Morgan fingerprint density at radius 1 is 1.17 bits per heavy atom. The van der Waals surface area contributed by atoms with Gasteiger partial charge in [0.1, 0.15) is 0 Å². The summed E-state index contributed by atoms with van der Waals surface area (Å²) in [6, 6.07) is 14.0. The number of carboxylic acids is 1. The minimum atomic E-state index is -0.736. The molecule has 30 heavy (non-hydrogen) atoms. The molecular weight excluding hydrogens is 380 g/mol. The van der Waals surface area contributed by atoms with E-state index in [9.17, 15) is 9.90 Å². The minimum absolute atomic E-state index is 0.144. The third kappa shape index (κ3) is 3.83. The summed E-state index contributed by atoms with van der Waals surface area (Å²) in [4.78, 5) is 18.2. The predicted molar refractivity (Wildman–Crippen MR) is 115 cm³/mol. The molecule has 1 fully saturated rings. The largest absolute Gasteiger partial charge is 0.493 e. The molecule has 0 amide bonds. The zero-order valence-corrected chi connectivity index (χ0v) is 17.2. The normalized spacial score (nSPS) is 18.1. The van der Waals surface area contributed by atoms with Crippen molar-refractivity contribution < 1.29 is 19.4 Å². The summed E-state index contributed by atoms with van der Waals surface area (Å²) >= 11 is 0. The molecule has 1 aromatic heterocycles. The summed E-state index contributed by atoms with van der Waals surface area (Å²) in [6.07, 6.45) is 5.19. The number of aromatic nitrogens is 1. The molecule has 0 bridgehead atoms. The molecule has 2 heterocycles. The molecule has 6 nitrogen and oxygen atoms in total. The lowest BCUT2D eigenvalue weighted by atomic mass is 9.90. The number of benzene rings is 2. The van der Waals surface area contributed by atoms with Crippen molar-refractivity contribution in [1.82, 2.24) is 9.88 Å². The third-order valence-corrected chi connectivity index (χ3v) is 5.88. The van der Waals surface area contributed by atoms with Crippen LogP contribution in [0, 0.1) is 5.92 Å². The van der Waals surface area contributed by atoms with Crippen LogP contribution in [0.15, 0.2) is 54.9 Å². The lowest BCUT2D eigenvalue weighted by Crippen LogP contribution is -2.41. The number of hydrogen-bond donors (Lipinski definition) is 1. The second kappa shape index (κ2) is 8.71. The summed E-state index contributed by atoms with van der Waals surface area (Å²) in [5, 5.41) is 11.8. The molecule has 1 aliphatic rings. The summed E-state index contributed by atoms with van der Waals surface area (Å²) in [5.74, 6) is 0.234. The van der Waals surface area contributed by atoms with Gasteiger partial charge in [0.25, 0.3) is 0 Å². The maximum atomic E-state index is 11.7. The molecule has 2 atom stereocenters. The Kier molecular flexibility index (Phi) is 5.86. The monoisotopic (exact) mass is 406 g/mol. The van der Waals surface area contributed by atoms with Gasteiger partial charge in [0.15, 0.2) is 11.5 Å². The first-order valence-electron chi connectivity index (χ1n) is 10.1. The lowest BCUT2D eigenvalue weighted by molar-refractivity contribution is -0.143. The number of carboxylic acid groups (broad SMARTS) is 1. The van der Waals surface area contributed by atoms with Crippen LogP contribution in [0.3, 0.4) is 0 Å². The Morgan fingerprint density at radius 3 is 2.80 bits per heavy atom. The van der Waals surface area contributed by atoms with Crippen molar-refractivity contribution in [3.05, 3.63) is 66.0 Å². The van der Waals surface area contributed by atoms with Gasteiger partial charge in [-0.2, -0.15) is 0 Å². The number of rotatable bonds is 6. The summed E-state index contributed by atoms with van der Waals surface area (Å²) in [6.45, 7) is 1.32. The molecule has 0 saturated carbocycles. The van der Waals surface area contributed by atoms with Crippen LogP contribution in [-0.2, 0) is 4.79 Å². The number of methoxy groups -OCH3 is 2. The van der Waals surface area contributed by atoms with Crippen LogP contribution in [-0.4, -0.2) is 48.3 Å². The Bertz CT molecular complexity index is 1050. The Balaban J connectivity index is 1.85. The van der Waals surface area contributed by atoms with Crippen molar-refractivity contribution in [3.8, 4) is 11.5 Å². The fourth-order valence-electron chi connectivity index (χ4n) is 4.43. The highest BCUT2D eigenvalue weighted by atomic mass is 16.5. The number of ether oxygens (including phenoxy) is 2. The SMILES string of the molecule is COc1cccc(C(c2ccc3cnccc3c2)N2CCCC(C(=O)O)C2)c1OC. The van der Waals surface area contributed by atoms with Crippen LogP contribution in [0.25, 0.3) is 10.8 Å². The fraction of sp³-hybridized carbons (Fsp3) is 0.333. The number of aliphatic carboxylic acids is 1. The molecule has 0 spiro atoms. The van der Waals surface area contributed by atoms with Gasteiger partial charge in [-0.3, -0.25) is 14.7 Å². The summed E-state index contributed by atoms with van der Waals surface area (Å²) in [5.41, 5.74) is 2.06. The first-order chi connectivity index (χ1) is 14.6. The minimum Gasteiger partial charge on any atom is -0.493 e. The first-order valence-corrected chi connectivity index (χ1v) is 10.1. The molecule has 2 aromatic carbocycles. The van der Waals surface area contributed by atoms with Gasteiger partial charge in [-0.25, -0.2) is 0 Å². The highest BCUT2D eigenvalue weighted by molar-refractivity contribution is 5.82. The first kappa shape index (κ1) is 20.2. The average Bonchev–Trinajstić information content (AvgIpc) is 2.79. The van der Waals surface area contributed by atoms with Crippen molar-refractivity contribution in [2.75, 3.05) is 27.3 Å². The van der Waals surface area contributed by atoms with E-state index in [1.54, 1.807) is 20.4 Å². The Labute approximate surface area is 176 Å². The number of likely N-dealkylation sites (tertiary alicyclic amines) is 1. The molecule has 1 N–H and O–H groups in total. The highest BCUT2D eigenvalue weighted by Gasteiger charge is 2.33. The number of nitrogens with zero attached hydrogens (tertiary/aromatic N) is 2. The quantitative estimate of drug-likeness (QED) is 0.663. The van der Waals surface area contributed by atoms with Crippen LogP contribution >= 0.6 is 0 Å². The number of hydrogen-bond acceptors (Lipinski definition) is 5. The maximum Gasteiger partial charge on any atom is 0.307 e. The van der Waals surface area contributed by atoms with Gasteiger partial charge in [-0.05, 0) is 48.5 Å². The lowest BCUT2D eigenvalue weighted by Gasteiger charge is -2.38. The molecule has 2 unspecified atom stereocenters. The molecule has 3 aromatic rings. The van der Waals surface area contributed by atoms with E-state index >= 15 is 0 Å². The highest BCUT2D eigenvalue weighted by Crippen LogP contribution is 2.42. The average molecular weight is 406 g/mol. The second-order valence-corrected chi connectivity index (χ2v) is 7.64. The van der Waals surface area contributed by atoms with Crippen LogP contribution in [0.1, 0.15) is 30.0 Å². The van der Waals surface area contributed by atoms with Crippen LogP contribution in [0.4, 0.5) is 0 Å². The zero-order chi connectivity index (χ0) is 21.1. The van der Waals surface area contributed by atoms with Crippen LogP contribution in [0.2, 0.25) is 0 Å². The van der Waals surface area contributed by atoms with Crippen molar-refractivity contribution in [2.45, 2.75) is 18.9 Å². The molecule has 4 rings (SSSR count). The second-order valence-electron chi connectivity index (χ2n) is 7.64. The van der Waals surface area contributed by atoms with Gasteiger partial charge in [0.2, 0.25) is 0 Å². The molecule has 0 aliphatic carbocycles. The van der Waals surface area contributed by atoms with Crippen molar-refractivity contribution in [2.24, 2.45) is 5.92 Å². The molecule has 1 aliphatic heterocycles. The van der Waals surface area contributed by atoms with Gasteiger partial charge < -0.3 is 14.6 Å². The van der Waals surface area contributed by atoms with Gasteiger partial charge in [0.05, 0.1) is 26.2 Å². The number of fused-ring (bicyclic) bond motifs is 1. The van der Waals surface area contributed by atoms with Crippen molar-refractivity contribution in [1.29, 1.82) is 0 Å². The summed E-state index contributed by atoms with van der Waals surface area (Å²) < 4.78 is 11.3. The van der Waals surface area contributed by atoms with Gasteiger partial charge in [0, 0.05) is 29.9 Å². The maximum absolute atomic E-state index is 11.7. The van der Waals surface area contributed by atoms with Crippen molar-refractivity contribution >= 4 is 16.7 Å². The Hall–Kier alpha value is -3.12. The van der Waals surface area contributed by atoms with Gasteiger partial charge in [-0.15, -0.1) is 0 Å². The fourth-order valence-corrected chi connectivity index (χ4v) is 4.43. The zero-order valence-electron chi connectivity index (χ0n) is 17.2. The number of para-hydroxylation sites is 1. The molecule has 1 saturated heterocycles. The smallest absolute Gasteiger partial charge is 0.307 e. The van der Waals surface area contributed by atoms with Crippen molar-refractivity contribution in [3.63, 3.8) is 0 Å². The molecular formula is C24H26N2O4. The van der Waals surface area contributed by atoms with E-state index in [1.807, 2.05) is 30.5 Å². The molecule has 156 valence electrons. The van der Waals surface area contributed by atoms with E-state index in [0.29, 0.717) is 24.5 Å². The topological polar surface area (TPSA) is 71.9 Å². The van der Waals surface area contributed by atoms with Crippen LogP contribution in [0.5, 0.6) is 11.5 Å². The van der Waals surface area contributed by atoms with E-state index in [0.717, 1.165) is 34.9 Å². The molecule has 0 radical (unpaired) electrons. The Morgan fingerprint density at radius 2 is 2.03 bits per heavy atom. The standard InChI is InChI=1S/C24H26N2O4/c1-29-21-7-3-6-20(23(21)30-2)22(26-12-4-5-19(15-26)24(27)28)17-8-9-18-14-25-11-10-16(18)13-17/h3,6-11,13-14,19,22H,4-5,12,15H2,1-2H3,(H,27,28). The number of piperidine rings is 1. The van der Waals surface area contributed by atoms with E-state index in [1.165, 1.54) is 0 Å². The van der Waals surface area contributed by atoms with E-state index in [2.05, 4.69) is 28.1 Å². The third-order valence-electron chi connectivity index (χ3n) is 5.88. The van der Waals surface area contributed by atoms with E-state index < -0.39 is 5.97 Å². The van der Waals surface area contributed by atoms with E-state index in [4.69, 9.17) is 9.47 Å². The van der Waals surface area contributed by atoms with E-state index in [-0.39, 0.29) is 12.0 Å². The number of carbonyl (C=O) groups is 1. The number of pyridine rings is 1. The van der Waals surface area contributed by atoms with Crippen LogP contribution < -0.4 is 9.47 Å². The van der Waals surface area contributed by atoms with Gasteiger partial charge in [-0.1, -0.05) is 24.3 Å². The summed E-state index contributed by atoms with van der Waals surface area (Å²) in [7, 11) is 3.27. The van der Waals surface area contributed by atoms with Gasteiger partial charge >= 0.3 is 5.97 Å².